The Morgan fingerprint density at radius 3 is 0.922 bits per heavy atom. The second-order valence-electron chi connectivity index (χ2n) is 18.5. The zero-order valence-electron chi connectivity index (χ0n) is 42.6. The van der Waals surface area contributed by atoms with E-state index < -0.39 is 6.10 Å². The maximum absolute atomic E-state index is 12.8. The van der Waals surface area contributed by atoms with Crippen molar-refractivity contribution in [3.05, 3.63) is 48.6 Å². The van der Waals surface area contributed by atoms with Crippen LogP contribution in [0.15, 0.2) is 48.6 Å². The van der Waals surface area contributed by atoms with E-state index in [1.165, 1.54) is 154 Å². The second kappa shape index (κ2) is 53.0. The molecule has 0 heterocycles. The van der Waals surface area contributed by atoms with E-state index >= 15 is 0 Å². The number of ether oxygens (including phenoxy) is 3. The Hall–Kier alpha value is -2.63. The predicted molar refractivity (Wildman–Crippen MR) is 275 cm³/mol. The average molecular weight is 897 g/mol. The van der Waals surface area contributed by atoms with Crippen LogP contribution in [0.2, 0.25) is 0 Å². The molecule has 0 spiro atoms. The molecule has 1 atom stereocenters. The van der Waals surface area contributed by atoms with Gasteiger partial charge in [0.1, 0.15) is 13.2 Å². The van der Waals surface area contributed by atoms with E-state index in [0.717, 1.165) is 89.9 Å². The van der Waals surface area contributed by atoms with Crippen molar-refractivity contribution in [3.63, 3.8) is 0 Å². The normalized spacial score (nSPS) is 12.4. The number of hydrogen-bond acceptors (Lipinski definition) is 6. The van der Waals surface area contributed by atoms with E-state index in [9.17, 15) is 14.4 Å². The molecule has 0 aromatic rings. The molecule has 0 unspecified atom stereocenters. The summed E-state index contributed by atoms with van der Waals surface area (Å²) in [6.07, 6.45) is 63.7. The molecule has 0 N–H and O–H groups in total. The van der Waals surface area contributed by atoms with Gasteiger partial charge in [0.05, 0.1) is 0 Å². The molecule has 372 valence electrons. The zero-order chi connectivity index (χ0) is 46.5. The Balaban J connectivity index is 4.40. The highest BCUT2D eigenvalue weighted by molar-refractivity contribution is 5.71. The van der Waals surface area contributed by atoms with Gasteiger partial charge in [-0.25, -0.2) is 0 Å². The molecule has 64 heavy (non-hydrogen) atoms. The lowest BCUT2D eigenvalue weighted by Gasteiger charge is -2.18. The van der Waals surface area contributed by atoms with Crippen LogP contribution in [0.1, 0.15) is 284 Å². The van der Waals surface area contributed by atoms with Crippen LogP contribution in [0, 0.1) is 0 Å². The number of unbranched alkanes of at least 4 members (excludes halogenated alkanes) is 31. The van der Waals surface area contributed by atoms with Crippen LogP contribution in [0.3, 0.4) is 0 Å². The lowest BCUT2D eigenvalue weighted by Crippen LogP contribution is -2.30. The van der Waals surface area contributed by atoms with Crippen LogP contribution in [0.5, 0.6) is 0 Å². The minimum Gasteiger partial charge on any atom is -0.462 e. The van der Waals surface area contributed by atoms with Gasteiger partial charge in [-0.3, -0.25) is 14.4 Å². The van der Waals surface area contributed by atoms with Crippen LogP contribution in [-0.2, 0) is 28.6 Å². The van der Waals surface area contributed by atoms with Crippen LogP contribution >= 0.6 is 0 Å². The number of carbonyl (C=O) groups is 3. The topological polar surface area (TPSA) is 78.9 Å². The highest BCUT2D eigenvalue weighted by atomic mass is 16.6. The Labute approximate surface area is 397 Å². The number of carbonyl (C=O) groups excluding carboxylic acids is 3. The van der Waals surface area contributed by atoms with Crippen molar-refractivity contribution in [1.29, 1.82) is 0 Å². The highest BCUT2D eigenvalue weighted by Crippen LogP contribution is 2.16. The third-order valence-corrected chi connectivity index (χ3v) is 12.1. The Bertz CT molecular complexity index is 1120. The van der Waals surface area contributed by atoms with Crippen LogP contribution in [-0.4, -0.2) is 37.2 Å². The molecule has 0 aromatic heterocycles. The smallest absolute Gasteiger partial charge is 0.306 e. The van der Waals surface area contributed by atoms with Crippen molar-refractivity contribution in [2.24, 2.45) is 0 Å². The summed E-state index contributed by atoms with van der Waals surface area (Å²) in [5.74, 6) is -0.900. The molecule has 0 aromatic carbocycles. The quantitative estimate of drug-likeness (QED) is 0.0262. The molecule has 0 aliphatic heterocycles. The molecule has 0 rings (SSSR count). The average Bonchev–Trinajstić information content (AvgIpc) is 3.29. The van der Waals surface area contributed by atoms with Crippen molar-refractivity contribution in [1.82, 2.24) is 0 Å². The lowest BCUT2D eigenvalue weighted by atomic mass is 10.0. The molecular weight excluding hydrogens is 793 g/mol. The van der Waals surface area contributed by atoms with Gasteiger partial charge in [-0.15, -0.1) is 0 Å². The zero-order valence-corrected chi connectivity index (χ0v) is 42.6. The summed E-state index contributed by atoms with van der Waals surface area (Å²) in [6, 6.07) is 0. The molecule has 0 saturated heterocycles. The summed E-state index contributed by atoms with van der Waals surface area (Å²) < 4.78 is 16.8. The molecule has 6 heteroatoms. The van der Waals surface area contributed by atoms with Crippen LogP contribution < -0.4 is 0 Å². The van der Waals surface area contributed by atoms with Crippen LogP contribution in [0.4, 0.5) is 0 Å². The first-order valence-corrected chi connectivity index (χ1v) is 27.6. The standard InChI is InChI=1S/C58H104O6/c1-4-7-10-13-16-19-22-25-28-29-31-33-36-39-42-45-48-51-57(60)63-54-55(53-62-56(59)50-47-44-41-38-35-32-27-24-21-18-15-12-9-6-3)64-58(61)52-49-46-43-40-37-34-30-26-23-20-17-14-11-8-5-2/h16,19,24-25,27-28,31,33,55H,4-15,17-18,20-23,26,29-30,32,34-54H2,1-3H3/b19-16+,27-24+,28-25+,33-31+/t55-/m1/s1. The van der Waals surface area contributed by atoms with Crippen molar-refractivity contribution < 1.29 is 28.6 Å². The largest absolute Gasteiger partial charge is 0.462 e. The minimum absolute atomic E-state index is 0.0822. The summed E-state index contributed by atoms with van der Waals surface area (Å²) in [7, 11) is 0. The van der Waals surface area contributed by atoms with Gasteiger partial charge in [0.25, 0.3) is 0 Å². The van der Waals surface area contributed by atoms with E-state index in [1.54, 1.807) is 0 Å². The number of allylic oxidation sites excluding steroid dienone is 8. The number of hydrogen-bond donors (Lipinski definition) is 0. The van der Waals surface area contributed by atoms with Gasteiger partial charge in [-0.05, 0) is 83.5 Å². The molecule has 6 nitrogen and oxygen atoms in total. The first kappa shape index (κ1) is 61.4. The molecule has 0 radical (unpaired) electrons. The van der Waals surface area contributed by atoms with E-state index in [1.807, 2.05) is 0 Å². The Morgan fingerprint density at radius 2 is 0.562 bits per heavy atom. The van der Waals surface area contributed by atoms with Gasteiger partial charge in [0.2, 0.25) is 0 Å². The van der Waals surface area contributed by atoms with Crippen LogP contribution in [0.25, 0.3) is 0 Å². The van der Waals surface area contributed by atoms with E-state index in [4.69, 9.17) is 14.2 Å². The Morgan fingerprint density at radius 1 is 0.312 bits per heavy atom. The predicted octanol–water partition coefficient (Wildman–Crippen LogP) is 18.3. The SMILES string of the molecule is CCCCC/C=C/C/C=C/C/C=C/CCCCCCC(=O)OC[C@@H](COC(=O)CCCCCCC/C=C/CCCCCCC)OC(=O)CCCCCCCCCCCCCCCCC. The van der Waals surface area contributed by atoms with Crippen molar-refractivity contribution in [2.45, 2.75) is 290 Å². The second-order valence-corrected chi connectivity index (χ2v) is 18.5. The fourth-order valence-electron chi connectivity index (χ4n) is 7.86. The van der Waals surface area contributed by atoms with E-state index in [0.29, 0.717) is 19.3 Å². The third-order valence-electron chi connectivity index (χ3n) is 12.1. The van der Waals surface area contributed by atoms with Gasteiger partial charge < -0.3 is 14.2 Å². The van der Waals surface area contributed by atoms with Crippen molar-refractivity contribution in [3.8, 4) is 0 Å². The first-order valence-electron chi connectivity index (χ1n) is 27.6. The number of esters is 3. The summed E-state index contributed by atoms with van der Waals surface area (Å²) in [5, 5.41) is 0. The van der Waals surface area contributed by atoms with Crippen molar-refractivity contribution in [2.75, 3.05) is 13.2 Å². The molecule has 0 saturated carbocycles. The maximum Gasteiger partial charge on any atom is 0.306 e. The molecule has 0 bridgehead atoms. The summed E-state index contributed by atoms with van der Waals surface area (Å²) in [6.45, 7) is 6.60. The van der Waals surface area contributed by atoms with Gasteiger partial charge in [0, 0.05) is 19.3 Å². The first-order chi connectivity index (χ1) is 31.5. The highest BCUT2D eigenvalue weighted by Gasteiger charge is 2.19. The van der Waals surface area contributed by atoms with Crippen molar-refractivity contribution >= 4 is 17.9 Å². The van der Waals surface area contributed by atoms with E-state index in [2.05, 4.69) is 69.4 Å². The lowest BCUT2D eigenvalue weighted by molar-refractivity contribution is -0.167. The molecule has 0 amide bonds. The Kier molecular flexibility index (Phi) is 50.8. The summed E-state index contributed by atoms with van der Waals surface area (Å²) in [5.41, 5.74) is 0. The summed E-state index contributed by atoms with van der Waals surface area (Å²) >= 11 is 0. The molecule has 0 aliphatic rings. The summed E-state index contributed by atoms with van der Waals surface area (Å²) in [4.78, 5) is 38.1. The molecule has 0 fully saturated rings. The fraction of sp³-hybridized carbons (Fsp3) is 0.810. The monoisotopic (exact) mass is 897 g/mol. The van der Waals surface area contributed by atoms with Gasteiger partial charge >= 0.3 is 17.9 Å². The minimum atomic E-state index is -0.783. The van der Waals surface area contributed by atoms with E-state index in [-0.39, 0.29) is 31.1 Å². The van der Waals surface area contributed by atoms with Gasteiger partial charge in [0.15, 0.2) is 6.10 Å². The van der Waals surface area contributed by atoms with Gasteiger partial charge in [-0.1, -0.05) is 230 Å². The third kappa shape index (κ3) is 50.4. The van der Waals surface area contributed by atoms with Gasteiger partial charge in [-0.2, -0.15) is 0 Å². The molecular formula is C58H104O6. The maximum atomic E-state index is 12.8. The fourth-order valence-corrected chi connectivity index (χ4v) is 7.86. The number of rotatable bonds is 50. The molecule has 0 aliphatic carbocycles.